The lowest BCUT2D eigenvalue weighted by atomic mass is 9.90. The Balaban J connectivity index is 1.45. The van der Waals surface area contributed by atoms with Crippen molar-refractivity contribution in [2.75, 3.05) is 6.54 Å². The largest absolute Gasteiger partial charge is 0.348 e. The molecule has 4 rings (SSSR count). The molecule has 2 aromatic rings. The summed E-state index contributed by atoms with van der Waals surface area (Å²) < 4.78 is 0. The van der Waals surface area contributed by atoms with E-state index in [1.807, 2.05) is 49.4 Å². The van der Waals surface area contributed by atoms with Crippen LogP contribution in [0.2, 0.25) is 0 Å². The van der Waals surface area contributed by atoms with E-state index in [0.29, 0.717) is 12.8 Å². The molecule has 29 heavy (non-hydrogen) atoms. The predicted octanol–water partition coefficient (Wildman–Crippen LogP) is 3.66. The second-order valence-corrected chi connectivity index (χ2v) is 8.18. The molecule has 4 amide bonds. The van der Waals surface area contributed by atoms with Gasteiger partial charge in [0.2, 0.25) is 5.91 Å². The molecule has 1 aliphatic carbocycles. The molecule has 1 saturated carbocycles. The maximum Gasteiger partial charge on any atom is 0.325 e. The number of imide groups is 1. The van der Waals surface area contributed by atoms with Gasteiger partial charge in [-0.25, -0.2) is 4.79 Å². The third-order valence-corrected chi connectivity index (χ3v) is 6.17. The number of benzene rings is 2. The molecule has 1 unspecified atom stereocenters. The summed E-state index contributed by atoms with van der Waals surface area (Å²) in [5.41, 5.74) is 0.198. The van der Waals surface area contributed by atoms with Gasteiger partial charge in [-0.15, -0.1) is 0 Å². The van der Waals surface area contributed by atoms with Crippen molar-refractivity contribution in [1.29, 1.82) is 0 Å². The molecule has 0 aromatic heterocycles. The zero-order chi connectivity index (χ0) is 20.4. The quantitative estimate of drug-likeness (QED) is 0.778. The van der Waals surface area contributed by atoms with E-state index < -0.39 is 11.6 Å². The van der Waals surface area contributed by atoms with Gasteiger partial charge in [-0.05, 0) is 36.1 Å². The summed E-state index contributed by atoms with van der Waals surface area (Å²) in [6, 6.07) is 13.3. The Bertz CT molecular complexity index is 942. The maximum absolute atomic E-state index is 13.0. The maximum atomic E-state index is 13.0. The van der Waals surface area contributed by atoms with Crippen LogP contribution in [0.3, 0.4) is 0 Å². The van der Waals surface area contributed by atoms with Crippen molar-refractivity contribution in [1.82, 2.24) is 15.5 Å². The van der Waals surface area contributed by atoms with Crippen LogP contribution in [0.15, 0.2) is 42.5 Å². The van der Waals surface area contributed by atoms with Crippen molar-refractivity contribution in [3.63, 3.8) is 0 Å². The summed E-state index contributed by atoms with van der Waals surface area (Å²) in [6.45, 7) is 1.67. The first-order valence-corrected chi connectivity index (χ1v) is 10.4. The summed E-state index contributed by atoms with van der Waals surface area (Å²) in [6.07, 6.45) is 5.31. The minimum atomic E-state index is -0.810. The van der Waals surface area contributed by atoms with Gasteiger partial charge in [0.1, 0.15) is 12.1 Å². The zero-order valence-electron chi connectivity index (χ0n) is 16.7. The van der Waals surface area contributed by atoms with E-state index in [4.69, 9.17) is 0 Å². The van der Waals surface area contributed by atoms with Crippen molar-refractivity contribution in [3.8, 4) is 0 Å². The molecule has 1 saturated heterocycles. The van der Waals surface area contributed by atoms with Gasteiger partial charge in [0, 0.05) is 0 Å². The fraction of sp³-hybridized carbons (Fsp3) is 0.435. The molecule has 6 nitrogen and oxygen atoms in total. The number of carbonyl (C=O) groups excluding carboxylic acids is 3. The fourth-order valence-corrected chi connectivity index (χ4v) is 4.63. The molecular formula is C23H27N3O3. The van der Waals surface area contributed by atoms with E-state index >= 15 is 0 Å². The van der Waals surface area contributed by atoms with Gasteiger partial charge in [0.05, 0.1) is 6.04 Å². The SMILES string of the molecule is CC(NC(=O)CN1C(=O)NC2(CCCCCC2)C1=O)c1cccc2ccccc12. The molecule has 1 aliphatic heterocycles. The van der Waals surface area contributed by atoms with Crippen LogP contribution in [0, 0.1) is 0 Å². The average Bonchev–Trinajstić information content (AvgIpc) is 2.88. The topological polar surface area (TPSA) is 78.5 Å². The normalized spacial score (nSPS) is 19.8. The smallest absolute Gasteiger partial charge is 0.325 e. The number of hydrogen-bond acceptors (Lipinski definition) is 3. The third-order valence-electron chi connectivity index (χ3n) is 6.17. The number of rotatable bonds is 4. The van der Waals surface area contributed by atoms with E-state index in [1.54, 1.807) is 0 Å². The van der Waals surface area contributed by atoms with Crippen molar-refractivity contribution in [2.45, 2.75) is 57.0 Å². The number of amides is 4. The first-order valence-electron chi connectivity index (χ1n) is 10.4. The molecule has 2 aromatic carbocycles. The van der Waals surface area contributed by atoms with E-state index in [1.165, 1.54) is 0 Å². The number of fused-ring (bicyclic) bond motifs is 1. The highest BCUT2D eigenvalue weighted by Crippen LogP contribution is 2.32. The lowest BCUT2D eigenvalue weighted by molar-refractivity contribution is -0.135. The molecule has 2 fully saturated rings. The number of nitrogens with zero attached hydrogens (tertiary/aromatic N) is 1. The lowest BCUT2D eigenvalue weighted by Gasteiger charge is -2.24. The van der Waals surface area contributed by atoms with Crippen molar-refractivity contribution < 1.29 is 14.4 Å². The van der Waals surface area contributed by atoms with Crippen LogP contribution in [-0.2, 0) is 9.59 Å². The minimum Gasteiger partial charge on any atom is -0.348 e. The van der Waals surface area contributed by atoms with Crippen molar-refractivity contribution >= 4 is 28.6 Å². The van der Waals surface area contributed by atoms with Crippen LogP contribution >= 0.6 is 0 Å². The number of urea groups is 1. The molecule has 1 heterocycles. The summed E-state index contributed by atoms with van der Waals surface area (Å²) in [5, 5.41) is 8.01. The minimum absolute atomic E-state index is 0.235. The lowest BCUT2D eigenvalue weighted by Crippen LogP contribution is -2.47. The first-order chi connectivity index (χ1) is 14.0. The molecule has 6 heteroatoms. The molecule has 2 N–H and O–H groups in total. The Morgan fingerprint density at radius 1 is 1.07 bits per heavy atom. The van der Waals surface area contributed by atoms with E-state index in [-0.39, 0.29) is 24.4 Å². The fourth-order valence-electron chi connectivity index (χ4n) is 4.63. The van der Waals surface area contributed by atoms with Gasteiger partial charge in [0.15, 0.2) is 0 Å². The van der Waals surface area contributed by atoms with E-state index in [9.17, 15) is 14.4 Å². The number of carbonyl (C=O) groups is 3. The first kappa shape index (κ1) is 19.4. The molecule has 2 aliphatic rings. The summed E-state index contributed by atoms with van der Waals surface area (Å²) in [4.78, 5) is 39.2. The highest BCUT2D eigenvalue weighted by atomic mass is 16.2. The van der Waals surface area contributed by atoms with Gasteiger partial charge >= 0.3 is 6.03 Å². The van der Waals surface area contributed by atoms with Crippen LogP contribution in [0.25, 0.3) is 10.8 Å². The van der Waals surface area contributed by atoms with Crippen molar-refractivity contribution in [2.24, 2.45) is 0 Å². The molecule has 0 bridgehead atoms. The van der Waals surface area contributed by atoms with Crippen LogP contribution in [0.4, 0.5) is 4.79 Å². The zero-order valence-corrected chi connectivity index (χ0v) is 16.7. The Morgan fingerprint density at radius 3 is 2.52 bits per heavy atom. The monoisotopic (exact) mass is 393 g/mol. The van der Waals surface area contributed by atoms with Gasteiger partial charge in [-0.2, -0.15) is 0 Å². The second kappa shape index (κ2) is 7.85. The third kappa shape index (κ3) is 3.71. The summed E-state index contributed by atoms with van der Waals surface area (Å²) in [7, 11) is 0. The number of nitrogens with one attached hydrogen (secondary N) is 2. The molecule has 0 radical (unpaired) electrons. The second-order valence-electron chi connectivity index (χ2n) is 8.18. The van der Waals surface area contributed by atoms with E-state index in [2.05, 4.69) is 10.6 Å². The van der Waals surface area contributed by atoms with Crippen molar-refractivity contribution in [3.05, 3.63) is 48.0 Å². The molecule has 1 spiro atoms. The summed E-state index contributed by atoms with van der Waals surface area (Å²) in [5.74, 6) is -0.586. The van der Waals surface area contributed by atoms with Crippen LogP contribution in [-0.4, -0.2) is 34.8 Å². The van der Waals surface area contributed by atoms with Gasteiger partial charge in [-0.1, -0.05) is 68.1 Å². The van der Waals surface area contributed by atoms with E-state index in [0.717, 1.165) is 46.9 Å². The Hall–Kier alpha value is -2.89. The predicted molar refractivity (Wildman–Crippen MR) is 111 cm³/mol. The highest BCUT2D eigenvalue weighted by molar-refractivity contribution is 6.09. The van der Waals surface area contributed by atoms with Crippen LogP contribution < -0.4 is 10.6 Å². The van der Waals surface area contributed by atoms with Crippen LogP contribution in [0.5, 0.6) is 0 Å². The Morgan fingerprint density at radius 2 is 1.76 bits per heavy atom. The summed E-state index contributed by atoms with van der Waals surface area (Å²) >= 11 is 0. The number of hydrogen-bond donors (Lipinski definition) is 2. The van der Waals surface area contributed by atoms with Gasteiger partial charge < -0.3 is 10.6 Å². The van der Waals surface area contributed by atoms with Gasteiger partial charge in [0.25, 0.3) is 5.91 Å². The Kier molecular flexibility index (Phi) is 5.26. The standard InChI is InChI=1S/C23H27N3O3/c1-16(18-12-8-10-17-9-4-5-11-19(17)18)24-20(27)15-26-21(28)23(25-22(26)29)13-6-2-3-7-14-23/h4-5,8-12,16H,2-3,6-7,13-15H2,1H3,(H,24,27)(H,25,29). The molecular weight excluding hydrogens is 366 g/mol. The molecule has 152 valence electrons. The average molecular weight is 393 g/mol. The van der Waals surface area contributed by atoms with Gasteiger partial charge in [-0.3, -0.25) is 14.5 Å². The molecule has 1 atom stereocenters. The Labute approximate surface area is 170 Å². The van der Waals surface area contributed by atoms with Crippen LogP contribution in [0.1, 0.15) is 57.1 Å². The highest BCUT2D eigenvalue weighted by Gasteiger charge is 2.51.